The molecule has 0 aliphatic carbocycles. The molecule has 114 valence electrons. The SMILES string of the molecule is CC(C)(C)C1=CC(O)(Cc2ccccc2)c2ccccc2[Te]1. The zero-order valence-corrected chi connectivity index (χ0v) is 15.7. The number of fused-ring (bicyclic) bond motifs is 1. The van der Waals surface area contributed by atoms with E-state index in [1.165, 1.54) is 12.8 Å². The molecule has 1 aliphatic heterocycles. The predicted molar refractivity (Wildman–Crippen MR) is 93.4 cm³/mol. The summed E-state index contributed by atoms with van der Waals surface area (Å²) in [5.74, 6) is 0. The molecule has 1 unspecified atom stereocenters. The van der Waals surface area contributed by atoms with Crippen molar-refractivity contribution in [3.05, 3.63) is 75.4 Å². The van der Waals surface area contributed by atoms with Crippen LogP contribution in [0.3, 0.4) is 0 Å². The van der Waals surface area contributed by atoms with Gasteiger partial charge in [0, 0.05) is 0 Å². The molecule has 0 spiro atoms. The van der Waals surface area contributed by atoms with Crippen LogP contribution in [0.1, 0.15) is 31.9 Å². The third-order valence-electron chi connectivity index (χ3n) is 4.00. The van der Waals surface area contributed by atoms with Crippen molar-refractivity contribution in [1.82, 2.24) is 0 Å². The first-order valence-electron chi connectivity index (χ1n) is 7.65. The molecule has 3 rings (SSSR count). The molecule has 2 aromatic carbocycles. The molecule has 1 atom stereocenters. The number of aliphatic hydroxyl groups is 1. The first-order valence-corrected chi connectivity index (χ1v) is 9.98. The van der Waals surface area contributed by atoms with Crippen LogP contribution in [0.5, 0.6) is 0 Å². The van der Waals surface area contributed by atoms with E-state index in [9.17, 15) is 5.11 Å². The summed E-state index contributed by atoms with van der Waals surface area (Å²) in [6.45, 7) is 6.75. The second-order valence-electron chi connectivity index (χ2n) is 6.94. The molecule has 0 fully saturated rings. The van der Waals surface area contributed by atoms with Gasteiger partial charge in [-0.25, -0.2) is 0 Å². The summed E-state index contributed by atoms with van der Waals surface area (Å²) >= 11 is -0.399. The molecule has 2 aromatic rings. The second kappa shape index (κ2) is 5.85. The van der Waals surface area contributed by atoms with Crippen LogP contribution in [0.15, 0.2) is 64.3 Å². The zero-order valence-electron chi connectivity index (χ0n) is 13.3. The van der Waals surface area contributed by atoms with Crippen LogP contribution >= 0.6 is 0 Å². The van der Waals surface area contributed by atoms with Gasteiger partial charge in [0.05, 0.1) is 0 Å². The molecule has 0 saturated heterocycles. The van der Waals surface area contributed by atoms with Crippen LogP contribution in [0.4, 0.5) is 0 Å². The van der Waals surface area contributed by atoms with Gasteiger partial charge >= 0.3 is 143 Å². The fraction of sp³-hybridized carbons (Fsp3) is 0.300. The molecule has 0 radical (unpaired) electrons. The van der Waals surface area contributed by atoms with E-state index in [0.29, 0.717) is 6.42 Å². The van der Waals surface area contributed by atoms with Crippen molar-refractivity contribution >= 4 is 24.5 Å². The molecule has 0 bridgehead atoms. The van der Waals surface area contributed by atoms with Crippen molar-refractivity contribution in [3.63, 3.8) is 0 Å². The number of rotatable bonds is 2. The van der Waals surface area contributed by atoms with Gasteiger partial charge in [0.2, 0.25) is 0 Å². The second-order valence-corrected chi connectivity index (χ2v) is 10.0. The van der Waals surface area contributed by atoms with Gasteiger partial charge in [0.15, 0.2) is 0 Å². The number of hydrogen-bond acceptors (Lipinski definition) is 1. The molecule has 1 nitrogen and oxygen atoms in total. The Bertz CT molecular complexity index is 697. The summed E-state index contributed by atoms with van der Waals surface area (Å²) < 4.78 is 2.81. The van der Waals surface area contributed by atoms with E-state index < -0.39 is 26.5 Å². The quantitative estimate of drug-likeness (QED) is 0.759. The van der Waals surface area contributed by atoms with E-state index in [2.05, 4.69) is 57.2 Å². The van der Waals surface area contributed by atoms with Gasteiger partial charge in [-0.15, -0.1) is 0 Å². The number of allylic oxidation sites excluding steroid dienone is 1. The van der Waals surface area contributed by atoms with Gasteiger partial charge in [-0.05, 0) is 0 Å². The van der Waals surface area contributed by atoms with Gasteiger partial charge in [-0.1, -0.05) is 0 Å². The first kappa shape index (κ1) is 15.8. The number of benzene rings is 2. The van der Waals surface area contributed by atoms with Crippen LogP contribution in [0.25, 0.3) is 0 Å². The van der Waals surface area contributed by atoms with Crippen LogP contribution in [0, 0.1) is 5.41 Å². The average Bonchev–Trinajstić information content (AvgIpc) is 2.47. The predicted octanol–water partition coefficient (Wildman–Crippen LogP) is 3.39. The zero-order chi connectivity index (χ0) is 15.8. The minimum absolute atomic E-state index is 0.125. The number of hydrogen-bond donors (Lipinski definition) is 1. The van der Waals surface area contributed by atoms with Gasteiger partial charge in [-0.3, -0.25) is 0 Å². The summed E-state index contributed by atoms with van der Waals surface area (Å²) in [5, 5.41) is 11.5. The summed E-state index contributed by atoms with van der Waals surface area (Å²) in [6, 6.07) is 18.7. The molecule has 1 heterocycles. The van der Waals surface area contributed by atoms with E-state index in [-0.39, 0.29) is 5.41 Å². The first-order chi connectivity index (χ1) is 10.4. The van der Waals surface area contributed by atoms with Gasteiger partial charge in [0.1, 0.15) is 0 Å². The summed E-state index contributed by atoms with van der Waals surface area (Å²) in [5.41, 5.74) is 1.52. The fourth-order valence-corrected chi connectivity index (χ4v) is 6.48. The molecular formula is C20H22OTe. The van der Waals surface area contributed by atoms with Crippen molar-refractivity contribution in [3.8, 4) is 0 Å². The molecule has 1 N–H and O–H groups in total. The van der Waals surface area contributed by atoms with Gasteiger partial charge in [0.25, 0.3) is 0 Å². The third-order valence-corrected chi connectivity index (χ3v) is 8.35. The Hall–Kier alpha value is -1.07. The Morgan fingerprint density at radius 3 is 2.27 bits per heavy atom. The summed E-state index contributed by atoms with van der Waals surface area (Å²) in [7, 11) is 0. The van der Waals surface area contributed by atoms with E-state index in [1.54, 1.807) is 0 Å². The Balaban J connectivity index is 2.08. The Labute approximate surface area is 143 Å². The van der Waals surface area contributed by atoms with Crippen LogP contribution in [-0.4, -0.2) is 26.0 Å². The summed E-state index contributed by atoms with van der Waals surface area (Å²) in [4.78, 5) is 0. The molecule has 0 aromatic heterocycles. The van der Waals surface area contributed by atoms with Crippen molar-refractivity contribution in [2.45, 2.75) is 32.8 Å². The monoisotopic (exact) mass is 408 g/mol. The normalized spacial score (nSPS) is 21.2. The Morgan fingerprint density at radius 2 is 1.59 bits per heavy atom. The Kier molecular flexibility index (Phi) is 4.21. The summed E-state index contributed by atoms with van der Waals surface area (Å²) in [6.07, 6.45) is 2.79. The van der Waals surface area contributed by atoms with Crippen LogP contribution < -0.4 is 3.61 Å². The van der Waals surface area contributed by atoms with E-state index in [1.807, 2.05) is 24.3 Å². The van der Waals surface area contributed by atoms with Gasteiger partial charge in [-0.2, -0.15) is 0 Å². The van der Waals surface area contributed by atoms with E-state index in [4.69, 9.17) is 0 Å². The maximum absolute atomic E-state index is 11.5. The molecule has 1 aliphatic rings. The molecule has 22 heavy (non-hydrogen) atoms. The maximum atomic E-state index is 11.5. The van der Waals surface area contributed by atoms with Crippen molar-refractivity contribution in [2.75, 3.05) is 0 Å². The average molecular weight is 406 g/mol. The van der Waals surface area contributed by atoms with E-state index in [0.717, 1.165) is 5.56 Å². The molecular weight excluding hydrogens is 384 g/mol. The van der Waals surface area contributed by atoms with Gasteiger partial charge < -0.3 is 0 Å². The van der Waals surface area contributed by atoms with Crippen molar-refractivity contribution < 1.29 is 5.11 Å². The minimum atomic E-state index is -0.885. The third kappa shape index (κ3) is 3.15. The van der Waals surface area contributed by atoms with Crippen LogP contribution in [-0.2, 0) is 12.0 Å². The fourth-order valence-electron chi connectivity index (χ4n) is 2.78. The molecule has 2 heteroatoms. The molecule has 0 amide bonds. The van der Waals surface area contributed by atoms with Crippen LogP contribution in [0.2, 0.25) is 0 Å². The topological polar surface area (TPSA) is 20.2 Å². The van der Waals surface area contributed by atoms with E-state index >= 15 is 0 Å². The molecule has 0 saturated carbocycles. The van der Waals surface area contributed by atoms with Crippen molar-refractivity contribution in [2.24, 2.45) is 5.41 Å². The Morgan fingerprint density at radius 1 is 0.955 bits per heavy atom. The standard InChI is InChI=1S/C20H22OTe/c1-19(2,3)18-14-20(21,13-15-9-5-4-6-10-15)16-11-7-8-12-17(16)22-18/h4-12,14,21H,13H2,1-3H3. The van der Waals surface area contributed by atoms with Crippen molar-refractivity contribution in [1.29, 1.82) is 0 Å².